The zero-order valence-electron chi connectivity index (χ0n) is 13.4. The summed E-state index contributed by atoms with van der Waals surface area (Å²) in [5.74, 6) is -0.332. The van der Waals surface area contributed by atoms with Gasteiger partial charge in [0.25, 0.3) is 5.91 Å². The molecule has 0 N–H and O–H groups in total. The third-order valence-corrected chi connectivity index (χ3v) is 5.16. The van der Waals surface area contributed by atoms with Gasteiger partial charge >= 0.3 is 0 Å². The molecule has 3 aromatic rings. The molecule has 0 fully saturated rings. The number of rotatable bonds is 4. The normalized spacial score (nSPS) is 11.6. The minimum Gasteiger partial charge on any atom is -0.383 e. The third kappa shape index (κ3) is 3.87. The fourth-order valence-electron chi connectivity index (χ4n) is 2.37. The molecule has 3 rings (SSSR count). The largest absolute Gasteiger partial charge is 0.383 e. The number of hydrogen-bond donors (Lipinski definition) is 0. The summed E-state index contributed by atoms with van der Waals surface area (Å²) < 4.78 is 9.17. The lowest BCUT2D eigenvalue weighted by Gasteiger charge is -2.04. The van der Waals surface area contributed by atoms with Gasteiger partial charge in [0.2, 0.25) is 0 Å². The van der Waals surface area contributed by atoms with Crippen molar-refractivity contribution in [2.24, 2.45) is 4.99 Å². The highest BCUT2D eigenvalue weighted by Crippen LogP contribution is 2.22. The van der Waals surface area contributed by atoms with E-state index in [0.29, 0.717) is 29.1 Å². The quantitative estimate of drug-likeness (QED) is 0.651. The van der Waals surface area contributed by atoms with Crippen LogP contribution in [0.1, 0.15) is 15.9 Å². The number of nitrogens with zero attached hydrogens (tertiary/aromatic N) is 3. The minimum absolute atomic E-state index is 0.332. The predicted molar refractivity (Wildman–Crippen MR) is 100 cm³/mol. The van der Waals surface area contributed by atoms with Crippen molar-refractivity contribution in [2.75, 3.05) is 13.7 Å². The first-order valence-corrected chi connectivity index (χ1v) is 9.10. The Balaban J connectivity index is 2.07. The van der Waals surface area contributed by atoms with Crippen molar-refractivity contribution in [3.8, 4) is 6.07 Å². The fraction of sp³-hybridized carbons (Fsp3) is 0.167. The molecule has 0 aliphatic heterocycles. The second-order valence-corrected chi connectivity index (χ2v) is 7.17. The van der Waals surface area contributed by atoms with E-state index in [1.54, 1.807) is 31.4 Å². The van der Waals surface area contributed by atoms with Crippen LogP contribution in [0.4, 0.5) is 0 Å². The number of carbonyl (C=O) groups is 1. The summed E-state index contributed by atoms with van der Waals surface area (Å²) in [4.78, 5) is 17.4. The number of ether oxygens (including phenoxy) is 1. The summed E-state index contributed by atoms with van der Waals surface area (Å²) in [7, 11) is 1.64. The van der Waals surface area contributed by atoms with E-state index in [1.807, 2.05) is 28.8 Å². The van der Waals surface area contributed by atoms with E-state index in [4.69, 9.17) is 10.00 Å². The van der Waals surface area contributed by atoms with Crippen molar-refractivity contribution < 1.29 is 9.53 Å². The van der Waals surface area contributed by atoms with Crippen LogP contribution in [0.5, 0.6) is 0 Å². The molecule has 0 saturated carbocycles. The lowest BCUT2D eigenvalue weighted by atomic mass is 10.1. The third-order valence-electron chi connectivity index (χ3n) is 3.62. The van der Waals surface area contributed by atoms with Gasteiger partial charge in [-0.15, -0.1) is 0 Å². The van der Waals surface area contributed by atoms with E-state index in [-0.39, 0.29) is 5.91 Å². The van der Waals surface area contributed by atoms with Crippen molar-refractivity contribution in [2.45, 2.75) is 6.54 Å². The number of thiazole rings is 1. The Morgan fingerprint density at radius 2 is 2.08 bits per heavy atom. The first kappa shape index (κ1) is 17.5. The molecule has 1 aromatic heterocycles. The van der Waals surface area contributed by atoms with Gasteiger partial charge in [-0.3, -0.25) is 4.79 Å². The monoisotopic (exact) mass is 415 g/mol. The molecule has 1 heterocycles. The summed E-state index contributed by atoms with van der Waals surface area (Å²) in [5, 5.41) is 8.85. The molecule has 0 radical (unpaired) electrons. The maximum absolute atomic E-state index is 12.5. The summed E-state index contributed by atoms with van der Waals surface area (Å²) in [5.41, 5.74) is 1.98. The maximum atomic E-state index is 12.5. The van der Waals surface area contributed by atoms with Crippen molar-refractivity contribution in [1.82, 2.24) is 4.57 Å². The van der Waals surface area contributed by atoms with Crippen LogP contribution in [0, 0.1) is 11.3 Å². The van der Waals surface area contributed by atoms with E-state index in [9.17, 15) is 4.79 Å². The molecule has 0 bridgehead atoms. The molecule has 126 valence electrons. The van der Waals surface area contributed by atoms with Crippen LogP contribution in [-0.4, -0.2) is 24.2 Å². The number of aromatic nitrogens is 1. The number of fused-ring (bicyclic) bond motifs is 1. The van der Waals surface area contributed by atoms with Gasteiger partial charge in [-0.2, -0.15) is 10.3 Å². The molecule has 2 aromatic carbocycles. The molecule has 0 atom stereocenters. The van der Waals surface area contributed by atoms with Gasteiger partial charge in [-0.1, -0.05) is 27.3 Å². The van der Waals surface area contributed by atoms with Crippen LogP contribution in [0.2, 0.25) is 0 Å². The summed E-state index contributed by atoms with van der Waals surface area (Å²) in [6, 6.07) is 14.5. The summed E-state index contributed by atoms with van der Waals surface area (Å²) in [6.07, 6.45) is 0. The standard InChI is InChI=1S/C18H14BrN3O2S/c1-24-9-8-22-15-7-6-14(19)10-16(15)25-18(22)21-17(23)13-4-2-12(11-20)3-5-13/h2-7,10H,8-9H2,1H3. The van der Waals surface area contributed by atoms with Crippen molar-refractivity contribution in [3.63, 3.8) is 0 Å². The highest BCUT2D eigenvalue weighted by Gasteiger charge is 2.10. The molecule has 0 unspecified atom stereocenters. The second-order valence-electron chi connectivity index (χ2n) is 5.25. The van der Waals surface area contributed by atoms with Crippen LogP contribution in [0.3, 0.4) is 0 Å². The lowest BCUT2D eigenvalue weighted by molar-refractivity contribution is 0.0997. The number of nitriles is 1. The summed E-state index contributed by atoms with van der Waals surface area (Å²) in [6.45, 7) is 1.14. The van der Waals surface area contributed by atoms with E-state index in [2.05, 4.69) is 20.9 Å². The highest BCUT2D eigenvalue weighted by atomic mass is 79.9. The average Bonchev–Trinajstić information content (AvgIpc) is 2.95. The van der Waals surface area contributed by atoms with Gasteiger partial charge in [0.1, 0.15) is 0 Å². The first-order chi connectivity index (χ1) is 12.1. The SMILES string of the molecule is COCCn1c(=NC(=O)c2ccc(C#N)cc2)sc2cc(Br)ccc21. The molecule has 5 nitrogen and oxygen atoms in total. The molecule has 25 heavy (non-hydrogen) atoms. The predicted octanol–water partition coefficient (Wildman–Crippen LogP) is 3.72. The Kier molecular flexibility index (Phi) is 5.43. The Hall–Kier alpha value is -2.27. The van der Waals surface area contributed by atoms with Crippen LogP contribution in [0.25, 0.3) is 10.2 Å². The number of carbonyl (C=O) groups excluding carboxylic acids is 1. The van der Waals surface area contributed by atoms with Crippen molar-refractivity contribution >= 4 is 43.4 Å². The average molecular weight is 416 g/mol. The second kappa shape index (κ2) is 7.74. The Morgan fingerprint density at radius 1 is 1.32 bits per heavy atom. The Morgan fingerprint density at radius 3 is 2.76 bits per heavy atom. The smallest absolute Gasteiger partial charge is 0.279 e. The van der Waals surface area contributed by atoms with Crippen LogP contribution >= 0.6 is 27.3 Å². The maximum Gasteiger partial charge on any atom is 0.279 e. The molecular formula is C18H14BrN3O2S. The topological polar surface area (TPSA) is 67.4 Å². The minimum atomic E-state index is -0.332. The number of halogens is 1. The molecular weight excluding hydrogens is 402 g/mol. The van der Waals surface area contributed by atoms with E-state index in [1.165, 1.54) is 11.3 Å². The highest BCUT2D eigenvalue weighted by molar-refractivity contribution is 9.10. The van der Waals surface area contributed by atoms with Gasteiger partial charge < -0.3 is 9.30 Å². The van der Waals surface area contributed by atoms with Crippen LogP contribution in [-0.2, 0) is 11.3 Å². The van der Waals surface area contributed by atoms with Crippen LogP contribution < -0.4 is 4.80 Å². The lowest BCUT2D eigenvalue weighted by Crippen LogP contribution is -2.19. The zero-order chi connectivity index (χ0) is 17.8. The van der Waals surface area contributed by atoms with Gasteiger partial charge in [-0.25, -0.2) is 0 Å². The number of hydrogen-bond acceptors (Lipinski definition) is 4. The molecule has 0 aliphatic rings. The molecule has 1 amide bonds. The van der Waals surface area contributed by atoms with Gasteiger partial charge in [-0.05, 0) is 42.5 Å². The molecule has 0 saturated heterocycles. The molecule has 7 heteroatoms. The summed E-state index contributed by atoms with van der Waals surface area (Å²) >= 11 is 4.93. The van der Waals surface area contributed by atoms with Gasteiger partial charge in [0, 0.05) is 23.7 Å². The van der Waals surface area contributed by atoms with E-state index < -0.39 is 0 Å². The zero-order valence-corrected chi connectivity index (χ0v) is 15.8. The van der Waals surface area contributed by atoms with Crippen molar-refractivity contribution in [3.05, 3.63) is 62.9 Å². The fourth-order valence-corrected chi connectivity index (χ4v) is 3.98. The van der Waals surface area contributed by atoms with Gasteiger partial charge in [0.15, 0.2) is 4.80 Å². The Labute approximate surface area is 156 Å². The van der Waals surface area contributed by atoms with E-state index >= 15 is 0 Å². The van der Waals surface area contributed by atoms with Crippen LogP contribution in [0.15, 0.2) is 51.9 Å². The van der Waals surface area contributed by atoms with Gasteiger partial charge in [0.05, 0.1) is 28.5 Å². The number of benzene rings is 2. The molecule has 0 spiro atoms. The molecule has 0 aliphatic carbocycles. The van der Waals surface area contributed by atoms with Crippen molar-refractivity contribution in [1.29, 1.82) is 5.26 Å². The van der Waals surface area contributed by atoms with E-state index in [0.717, 1.165) is 14.7 Å². The number of methoxy groups -OCH3 is 1. The Bertz CT molecular complexity index is 1030. The number of amides is 1. The first-order valence-electron chi connectivity index (χ1n) is 7.49.